The van der Waals surface area contributed by atoms with E-state index in [4.69, 9.17) is 21.7 Å². The zero-order chi connectivity index (χ0) is 23.7. The molecule has 0 N–H and O–H groups in total. The van der Waals surface area contributed by atoms with Gasteiger partial charge in [-0.05, 0) is 76.6 Å². The Labute approximate surface area is 213 Å². The summed E-state index contributed by atoms with van der Waals surface area (Å²) in [6.45, 7) is 3.97. The van der Waals surface area contributed by atoms with E-state index in [9.17, 15) is 9.59 Å². The maximum absolute atomic E-state index is 13.2. The molecule has 0 spiro atoms. The second-order valence-electron chi connectivity index (χ2n) is 7.21. The van der Waals surface area contributed by atoms with Gasteiger partial charge in [0.2, 0.25) is 0 Å². The van der Waals surface area contributed by atoms with Gasteiger partial charge in [0.15, 0.2) is 15.8 Å². The van der Waals surface area contributed by atoms with E-state index in [2.05, 4.69) is 15.9 Å². The molecule has 0 atom stereocenters. The van der Waals surface area contributed by atoms with Crippen LogP contribution in [0.2, 0.25) is 0 Å². The second kappa shape index (κ2) is 9.80. The lowest BCUT2D eigenvalue weighted by Crippen LogP contribution is -2.28. The Morgan fingerprint density at radius 1 is 1.18 bits per heavy atom. The fourth-order valence-electron chi connectivity index (χ4n) is 3.34. The van der Waals surface area contributed by atoms with Gasteiger partial charge < -0.3 is 9.47 Å². The van der Waals surface area contributed by atoms with Crippen molar-refractivity contribution in [3.8, 4) is 11.5 Å². The summed E-state index contributed by atoms with van der Waals surface area (Å²) < 4.78 is 12.0. The standard InChI is InChI=1S/C24H18BrNO4S3/c1-13-6-7-17(14(2)9-13)26-22(27)20(33-24(26)31)12-15-10-16(25)21(18(11-15)29-3)30-23(28)19-5-4-8-32-19/h4-12H,1-3H3. The number of rotatable bonds is 5. The SMILES string of the molecule is COc1cc(C=C2SC(=S)N(c3ccc(C)cc3C)C2=O)cc(Br)c1OC(=O)c1cccs1. The van der Waals surface area contributed by atoms with Crippen LogP contribution >= 0.6 is 51.2 Å². The molecule has 2 heterocycles. The van der Waals surface area contributed by atoms with E-state index in [1.54, 1.807) is 40.6 Å². The second-order valence-corrected chi connectivity index (χ2v) is 10.7. The van der Waals surface area contributed by atoms with E-state index in [1.165, 1.54) is 30.2 Å². The highest BCUT2D eigenvalue weighted by molar-refractivity contribution is 9.10. The Morgan fingerprint density at radius 2 is 1.97 bits per heavy atom. The first-order valence-electron chi connectivity index (χ1n) is 9.77. The third-order valence-electron chi connectivity index (χ3n) is 4.85. The van der Waals surface area contributed by atoms with Gasteiger partial charge in [0.1, 0.15) is 4.88 Å². The van der Waals surface area contributed by atoms with Crippen LogP contribution in [0.1, 0.15) is 26.4 Å². The molecule has 0 radical (unpaired) electrons. The predicted octanol–water partition coefficient (Wildman–Crippen LogP) is 6.76. The van der Waals surface area contributed by atoms with Gasteiger partial charge in [-0.2, -0.15) is 0 Å². The van der Waals surface area contributed by atoms with E-state index in [-0.39, 0.29) is 11.7 Å². The first-order valence-corrected chi connectivity index (χ1v) is 12.7. The molecule has 4 rings (SSSR count). The zero-order valence-electron chi connectivity index (χ0n) is 17.9. The lowest BCUT2D eigenvalue weighted by molar-refractivity contribution is -0.113. The number of ether oxygens (including phenoxy) is 2. The van der Waals surface area contributed by atoms with Crippen LogP contribution in [-0.4, -0.2) is 23.3 Å². The van der Waals surface area contributed by atoms with Crippen molar-refractivity contribution in [1.29, 1.82) is 0 Å². The van der Waals surface area contributed by atoms with Gasteiger partial charge in [-0.3, -0.25) is 9.69 Å². The van der Waals surface area contributed by atoms with E-state index in [1.807, 2.05) is 32.0 Å². The Hall–Kier alpha value is -2.46. The molecule has 1 aliphatic heterocycles. The molecule has 1 saturated heterocycles. The van der Waals surface area contributed by atoms with Crippen LogP contribution in [-0.2, 0) is 4.79 Å². The number of hydrogen-bond donors (Lipinski definition) is 0. The predicted molar refractivity (Wildman–Crippen MR) is 142 cm³/mol. The number of thioether (sulfide) groups is 1. The summed E-state index contributed by atoms with van der Waals surface area (Å²) in [5, 5.41) is 1.81. The smallest absolute Gasteiger partial charge is 0.353 e. The van der Waals surface area contributed by atoms with Crippen molar-refractivity contribution in [2.24, 2.45) is 0 Å². The molecule has 0 bridgehead atoms. The topological polar surface area (TPSA) is 55.8 Å². The number of halogens is 1. The Morgan fingerprint density at radius 3 is 2.64 bits per heavy atom. The Kier molecular flexibility index (Phi) is 7.04. The molecule has 1 aliphatic rings. The van der Waals surface area contributed by atoms with Crippen LogP contribution in [0, 0.1) is 13.8 Å². The molecule has 0 saturated carbocycles. The molecular formula is C24H18BrNO4S3. The molecule has 5 nitrogen and oxygen atoms in total. The van der Waals surface area contributed by atoms with E-state index < -0.39 is 5.97 Å². The molecule has 2 aromatic carbocycles. The number of benzene rings is 2. The van der Waals surface area contributed by atoms with E-state index >= 15 is 0 Å². The molecule has 3 aromatic rings. The third kappa shape index (κ3) is 4.91. The van der Waals surface area contributed by atoms with Crippen molar-refractivity contribution in [2.75, 3.05) is 12.0 Å². The number of methoxy groups -OCH3 is 1. The van der Waals surface area contributed by atoms with Crippen LogP contribution < -0.4 is 14.4 Å². The minimum atomic E-state index is -0.467. The summed E-state index contributed by atoms with van der Waals surface area (Å²) in [6.07, 6.45) is 1.75. The number of carbonyl (C=O) groups is 2. The van der Waals surface area contributed by atoms with E-state index in [0.29, 0.717) is 29.9 Å². The van der Waals surface area contributed by atoms with Crippen molar-refractivity contribution in [2.45, 2.75) is 13.8 Å². The summed E-state index contributed by atoms with van der Waals surface area (Å²) in [5.74, 6) is -0.00685. The van der Waals surface area contributed by atoms with Gasteiger partial charge >= 0.3 is 5.97 Å². The normalized spacial score (nSPS) is 14.8. The Balaban J connectivity index is 1.63. The number of nitrogens with zero attached hydrogens (tertiary/aromatic N) is 1. The lowest BCUT2D eigenvalue weighted by atomic mass is 10.1. The van der Waals surface area contributed by atoms with Crippen molar-refractivity contribution in [3.63, 3.8) is 0 Å². The number of thiocarbonyl (C=S) groups is 1. The number of thiophene rings is 1. The molecule has 168 valence electrons. The first-order chi connectivity index (χ1) is 15.8. The van der Waals surface area contributed by atoms with Crippen molar-refractivity contribution < 1.29 is 19.1 Å². The lowest BCUT2D eigenvalue weighted by Gasteiger charge is -2.17. The number of esters is 1. The highest BCUT2D eigenvalue weighted by Gasteiger charge is 2.34. The van der Waals surface area contributed by atoms with Gasteiger partial charge in [-0.15, -0.1) is 11.3 Å². The fourth-order valence-corrected chi connectivity index (χ4v) is 5.77. The molecule has 1 fully saturated rings. The quantitative estimate of drug-likeness (QED) is 0.149. The molecule has 33 heavy (non-hydrogen) atoms. The monoisotopic (exact) mass is 559 g/mol. The summed E-state index contributed by atoms with van der Waals surface area (Å²) in [5.41, 5.74) is 3.58. The van der Waals surface area contributed by atoms with Crippen LogP contribution in [0.15, 0.2) is 57.2 Å². The van der Waals surface area contributed by atoms with Crippen LogP contribution in [0.3, 0.4) is 0 Å². The minimum Gasteiger partial charge on any atom is -0.493 e. The van der Waals surface area contributed by atoms with Crippen LogP contribution in [0.5, 0.6) is 11.5 Å². The zero-order valence-corrected chi connectivity index (χ0v) is 21.9. The molecule has 9 heteroatoms. The van der Waals surface area contributed by atoms with Crippen LogP contribution in [0.4, 0.5) is 5.69 Å². The maximum Gasteiger partial charge on any atom is 0.353 e. The van der Waals surface area contributed by atoms with Gasteiger partial charge in [0.05, 0.1) is 22.2 Å². The fraction of sp³-hybridized carbons (Fsp3) is 0.125. The van der Waals surface area contributed by atoms with Gasteiger partial charge in [0.25, 0.3) is 5.91 Å². The summed E-state index contributed by atoms with van der Waals surface area (Å²) in [7, 11) is 1.49. The highest BCUT2D eigenvalue weighted by atomic mass is 79.9. The van der Waals surface area contributed by atoms with E-state index in [0.717, 1.165) is 16.8 Å². The number of carbonyl (C=O) groups excluding carboxylic acids is 2. The third-order valence-corrected chi connectivity index (χ3v) is 7.59. The Bertz CT molecular complexity index is 1300. The highest BCUT2D eigenvalue weighted by Crippen LogP contribution is 2.41. The maximum atomic E-state index is 13.2. The average Bonchev–Trinajstić information content (AvgIpc) is 3.39. The van der Waals surface area contributed by atoms with Gasteiger partial charge in [-0.25, -0.2) is 4.79 Å². The van der Waals surface area contributed by atoms with Crippen molar-refractivity contribution >= 4 is 79.2 Å². The van der Waals surface area contributed by atoms with Crippen LogP contribution in [0.25, 0.3) is 6.08 Å². The first kappa shape index (κ1) is 23.7. The summed E-state index contributed by atoms with van der Waals surface area (Å²) in [6, 6.07) is 12.9. The molecule has 1 amide bonds. The average molecular weight is 561 g/mol. The van der Waals surface area contributed by atoms with Gasteiger partial charge in [0, 0.05) is 0 Å². The summed E-state index contributed by atoms with van der Waals surface area (Å²) >= 11 is 11.5. The number of anilines is 1. The van der Waals surface area contributed by atoms with Crippen molar-refractivity contribution in [1.82, 2.24) is 0 Å². The molecule has 1 aromatic heterocycles. The summed E-state index contributed by atoms with van der Waals surface area (Å²) in [4.78, 5) is 28.1. The number of amides is 1. The van der Waals surface area contributed by atoms with Gasteiger partial charge in [-0.1, -0.05) is 47.7 Å². The largest absolute Gasteiger partial charge is 0.493 e. The van der Waals surface area contributed by atoms with Crippen molar-refractivity contribution in [3.05, 3.63) is 78.8 Å². The number of aryl methyl sites for hydroxylation is 2. The molecular weight excluding hydrogens is 542 g/mol. The molecule has 0 unspecified atom stereocenters. The molecule has 0 aliphatic carbocycles. The minimum absolute atomic E-state index is 0.180. The number of hydrogen-bond acceptors (Lipinski definition) is 7.